The van der Waals surface area contributed by atoms with Gasteiger partial charge in [0, 0.05) is 20.7 Å². The summed E-state index contributed by atoms with van der Waals surface area (Å²) in [4.78, 5) is 13.1. The molecule has 112 valence electrons. The van der Waals surface area contributed by atoms with Crippen LogP contribution in [-0.4, -0.2) is 44.9 Å². The zero-order valence-corrected chi connectivity index (χ0v) is 12.0. The van der Waals surface area contributed by atoms with Gasteiger partial charge in [0.2, 0.25) is 5.91 Å². The van der Waals surface area contributed by atoms with E-state index in [2.05, 4.69) is 5.32 Å². The fourth-order valence-corrected chi connectivity index (χ4v) is 1.74. The highest BCUT2D eigenvalue weighted by atomic mass is 19.1. The molecular formula is C14H21FN2O3. The highest BCUT2D eigenvalue weighted by Crippen LogP contribution is 2.22. The van der Waals surface area contributed by atoms with Gasteiger partial charge in [0.15, 0.2) is 0 Å². The lowest BCUT2D eigenvalue weighted by Crippen LogP contribution is -2.37. The van der Waals surface area contributed by atoms with Crippen molar-refractivity contribution in [3.63, 3.8) is 0 Å². The van der Waals surface area contributed by atoms with Crippen LogP contribution in [0, 0.1) is 5.82 Å². The summed E-state index contributed by atoms with van der Waals surface area (Å²) in [7, 11) is 3.19. The van der Waals surface area contributed by atoms with Crippen LogP contribution in [0.15, 0.2) is 18.2 Å². The number of aliphatic hydroxyl groups is 1. The SMILES string of the molecule is COCCNC(=O)CN(C)c1ccc(C(C)O)cc1F. The molecule has 0 bridgehead atoms. The number of benzene rings is 1. The molecule has 0 aliphatic carbocycles. The molecule has 5 nitrogen and oxygen atoms in total. The number of methoxy groups -OCH3 is 1. The van der Waals surface area contributed by atoms with E-state index in [-0.39, 0.29) is 12.5 Å². The standard InChI is InChI=1S/C14H21FN2O3/c1-10(18)11-4-5-13(12(15)8-11)17(2)9-14(19)16-6-7-20-3/h4-5,8,10,18H,6-7,9H2,1-3H3,(H,16,19). The van der Waals surface area contributed by atoms with E-state index in [4.69, 9.17) is 4.74 Å². The largest absolute Gasteiger partial charge is 0.389 e. The Hall–Kier alpha value is -1.66. The summed E-state index contributed by atoms with van der Waals surface area (Å²) in [6.07, 6.45) is -0.721. The second kappa shape index (κ2) is 7.81. The molecule has 1 aromatic carbocycles. The van der Waals surface area contributed by atoms with E-state index < -0.39 is 11.9 Å². The van der Waals surface area contributed by atoms with Crippen molar-refractivity contribution in [2.24, 2.45) is 0 Å². The van der Waals surface area contributed by atoms with Crippen LogP contribution in [0.1, 0.15) is 18.6 Å². The molecule has 0 saturated carbocycles. The van der Waals surface area contributed by atoms with Gasteiger partial charge in [0.25, 0.3) is 0 Å². The second-order valence-corrected chi connectivity index (χ2v) is 4.59. The maximum absolute atomic E-state index is 13.9. The van der Waals surface area contributed by atoms with Crippen LogP contribution >= 0.6 is 0 Å². The number of carbonyl (C=O) groups excluding carboxylic acids is 1. The van der Waals surface area contributed by atoms with Crippen molar-refractivity contribution in [2.75, 3.05) is 38.8 Å². The van der Waals surface area contributed by atoms with Gasteiger partial charge >= 0.3 is 0 Å². The Balaban J connectivity index is 2.63. The predicted octanol–water partition coefficient (Wildman–Crippen LogP) is 1.08. The molecule has 0 fully saturated rings. The Kier molecular flexibility index (Phi) is 6.41. The Morgan fingerprint density at radius 3 is 2.80 bits per heavy atom. The number of hydrogen-bond acceptors (Lipinski definition) is 4. The average Bonchev–Trinajstić information content (AvgIpc) is 2.38. The van der Waals surface area contributed by atoms with Crippen LogP contribution < -0.4 is 10.2 Å². The number of aliphatic hydroxyl groups excluding tert-OH is 1. The lowest BCUT2D eigenvalue weighted by atomic mass is 10.1. The summed E-state index contributed by atoms with van der Waals surface area (Å²) < 4.78 is 18.7. The van der Waals surface area contributed by atoms with Gasteiger partial charge in [-0.1, -0.05) is 6.07 Å². The predicted molar refractivity (Wildman–Crippen MR) is 75.2 cm³/mol. The van der Waals surface area contributed by atoms with Gasteiger partial charge in [-0.3, -0.25) is 4.79 Å². The minimum atomic E-state index is -0.721. The van der Waals surface area contributed by atoms with Crippen LogP contribution in [0.2, 0.25) is 0 Å². The van der Waals surface area contributed by atoms with E-state index in [1.54, 1.807) is 33.2 Å². The summed E-state index contributed by atoms with van der Waals surface area (Å²) in [6.45, 7) is 2.48. The van der Waals surface area contributed by atoms with Crippen molar-refractivity contribution in [3.8, 4) is 0 Å². The summed E-state index contributed by atoms with van der Waals surface area (Å²) in [5.74, 6) is -0.667. The summed E-state index contributed by atoms with van der Waals surface area (Å²) >= 11 is 0. The van der Waals surface area contributed by atoms with Crippen LogP contribution in [0.4, 0.5) is 10.1 Å². The monoisotopic (exact) mass is 284 g/mol. The van der Waals surface area contributed by atoms with Crippen molar-refractivity contribution in [1.82, 2.24) is 5.32 Å². The number of ether oxygens (including phenoxy) is 1. The van der Waals surface area contributed by atoms with Crippen molar-refractivity contribution >= 4 is 11.6 Å². The summed E-state index contributed by atoms with van der Waals surface area (Å²) in [5.41, 5.74) is 0.820. The smallest absolute Gasteiger partial charge is 0.239 e. The number of nitrogens with one attached hydrogen (secondary N) is 1. The molecule has 1 unspecified atom stereocenters. The van der Waals surface area contributed by atoms with Crippen LogP contribution in [0.5, 0.6) is 0 Å². The Labute approximate surface area is 118 Å². The lowest BCUT2D eigenvalue weighted by molar-refractivity contribution is -0.119. The van der Waals surface area contributed by atoms with Gasteiger partial charge in [-0.25, -0.2) is 4.39 Å². The average molecular weight is 284 g/mol. The third-order valence-corrected chi connectivity index (χ3v) is 2.87. The molecule has 0 radical (unpaired) electrons. The minimum Gasteiger partial charge on any atom is -0.389 e. The van der Waals surface area contributed by atoms with Crippen LogP contribution in [0.25, 0.3) is 0 Å². The van der Waals surface area contributed by atoms with Crippen LogP contribution in [-0.2, 0) is 9.53 Å². The van der Waals surface area contributed by atoms with Gasteiger partial charge in [-0.05, 0) is 24.6 Å². The van der Waals surface area contributed by atoms with Gasteiger partial charge in [-0.15, -0.1) is 0 Å². The van der Waals surface area contributed by atoms with Gasteiger partial charge in [-0.2, -0.15) is 0 Å². The number of carbonyl (C=O) groups is 1. The van der Waals surface area contributed by atoms with Crippen molar-refractivity contribution in [3.05, 3.63) is 29.6 Å². The maximum atomic E-state index is 13.9. The lowest BCUT2D eigenvalue weighted by Gasteiger charge is -2.20. The molecule has 1 atom stereocenters. The molecule has 0 aromatic heterocycles. The number of hydrogen-bond donors (Lipinski definition) is 2. The Bertz CT molecular complexity index is 452. The van der Waals surface area contributed by atoms with E-state index in [9.17, 15) is 14.3 Å². The van der Waals surface area contributed by atoms with Gasteiger partial charge in [0.05, 0.1) is 24.9 Å². The molecule has 0 spiro atoms. The van der Waals surface area contributed by atoms with E-state index in [1.807, 2.05) is 0 Å². The Morgan fingerprint density at radius 2 is 2.25 bits per heavy atom. The molecule has 1 rings (SSSR count). The quantitative estimate of drug-likeness (QED) is 0.736. The first kappa shape index (κ1) is 16.4. The van der Waals surface area contributed by atoms with Crippen molar-refractivity contribution < 1.29 is 19.0 Å². The first-order valence-electron chi connectivity index (χ1n) is 6.40. The number of amides is 1. The van der Waals surface area contributed by atoms with E-state index in [1.165, 1.54) is 11.0 Å². The number of likely N-dealkylation sites (N-methyl/N-ethyl adjacent to an activating group) is 1. The van der Waals surface area contributed by atoms with Gasteiger partial charge in [0.1, 0.15) is 5.82 Å². The topological polar surface area (TPSA) is 61.8 Å². The molecule has 0 heterocycles. The molecular weight excluding hydrogens is 263 g/mol. The maximum Gasteiger partial charge on any atom is 0.239 e. The molecule has 2 N–H and O–H groups in total. The van der Waals surface area contributed by atoms with Crippen molar-refractivity contribution in [1.29, 1.82) is 0 Å². The minimum absolute atomic E-state index is 0.0503. The molecule has 20 heavy (non-hydrogen) atoms. The summed E-state index contributed by atoms with van der Waals surface area (Å²) in [6, 6.07) is 4.47. The zero-order chi connectivity index (χ0) is 15.1. The first-order valence-corrected chi connectivity index (χ1v) is 6.40. The third-order valence-electron chi connectivity index (χ3n) is 2.87. The molecule has 1 aromatic rings. The van der Waals surface area contributed by atoms with Gasteiger partial charge < -0.3 is 20.1 Å². The fourth-order valence-electron chi connectivity index (χ4n) is 1.74. The molecule has 0 aliphatic rings. The number of rotatable bonds is 7. The Morgan fingerprint density at radius 1 is 1.55 bits per heavy atom. The van der Waals surface area contributed by atoms with Crippen LogP contribution in [0.3, 0.4) is 0 Å². The fraction of sp³-hybridized carbons (Fsp3) is 0.500. The van der Waals surface area contributed by atoms with E-state index in [0.717, 1.165) is 0 Å². The van der Waals surface area contributed by atoms with Crippen molar-refractivity contribution in [2.45, 2.75) is 13.0 Å². The molecule has 0 saturated heterocycles. The first-order chi connectivity index (χ1) is 9.45. The van der Waals surface area contributed by atoms with E-state index >= 15 is 0 Å². The number of anilines is 1. The number of halogens is 1. The molecule has 6 heteroatoms. The highest BCUT2D eigenvalue weighted by Gasteiger charge is 2.13. The van der Waals surface area contributed by atoms with E-state index in [0.29, 0.717) is 24.4 Å². The molecule has 0 aliphatic heterocycles. The highest BCUT2D eigenvalue weighted by molar-refractivity contribution is 5.81. The normalized spacial score (nSPS) is 12.1. The zero-order valence-electron chi connectivity index (χ0n) is 12.0. The second-order valence-electron chi connectivity index (χ2n) is 4.59. The molecule has 1 amide bonds. The number of nitrogens with zero attached hydrogens (tertiary/aromatic N) is 1. The third kappa shape index (κ3) is 4.79. The summed E-state index contributed by atoms with van der Waals surface area (Å²) in [5, 5.41) is 12.1.